The van der Waals surface area contributed by atoms with E-state index in [0.717, 1.165) is 31.5 Å². The molecule has 1 fully saturated rings. The standard InChI is InChI=1S/C18H21N3O5/c22-17(21-7-1-2-8-21)5-6-19-18(23)16-10-13(20-26-16)12-3-4-14-15(9-12)25-11-24-14/h3-4,9,16H,1-2,5-8,10-11H2,(H,19,23)/t16-/m0/s1. The quantitative estimate of drug-likeness (QED) is 0.848. The summed E-state index contributed by atoms with van der Waals surface area (Å²) in [5, 5.41) is 6.79. The van der Waals surface area contributed by atoms with Crippen molar-refractivity contribution in [2.45, 2.75) is 31.8 Å². The average molecular weight is 359 g/mol. The van der Waals surface area contributed by atoms with Gasteiger partial charge in [-0.2, -0.15) is 0 Å². The van der Waals surface area contributed by atoms with Gasteiger partial charge in [0.2, 0.25) is 18.8 Å². The zero-order chi connectivity index (χ0) is 17.9. The molecule has 0 unspecified atom stereocenters. The van der Waals surface area contributed by atoms with E-state index in [2.05, 4.69) is 10.5 Å². The number of likely N-dealkylation sites (tertiary alicyclic amines) is 1. The Kier molecular flexibility index (Phi) is 4.64. The number of benzene rings is 1. The third-order valence-electron chi connectivity index (χ3n) is 4.76. The van der Waals surface area contributed by atoms with Crippen LogP contribution in [0.1, 0.15) is 31.2 Å². The Morgan fingerprint density at radius 2 is 2.00 bits per heavy atom. The zero-order valence-corrected chi connectivity index (χ0v) is 14.4. The third-order valence-corrected chi connectivity index (χ3v) is 4.76. The van der Waals surface area contributed by atoms with Gasteiger partial charge in [-0.05, 0) is 31.0 Å². The van der Waals surface area contributed by atoms with E-state index in [1.54, 1.807) is 0 Å². The number of carbonyl (C=O) groups is 2. The Bertz CT molecular complexity index is 742. The van der Waals surface area contributed by atoms with Crippen molar-refractivity contribution >= 4 is 17.5 Å². The maximum atomic E-state index is 12.2. The van der Waals surface area contributed by atoms with E-state index in [1.165, 1.54) is 0 Å². The summed E-state index contributed by atoms with van der Waals surface area (Å²) < 4.78 is 10.6. The van der Waals surface area contributed by atoms with Crippen molar-refractivity contribution in [2.75, 3.05) is 26.4 Å². The summed E-state index contributed by atoms with van der Waals surface area (Å²) in [5.74, 6) is 1.20. The van der Waals surface area contributed by atoms with Gasteiger partial charge >= 0.3 is 0 Å². The zero-order valence-electron chi connectivity index (χ0n) is 14.4. The summed E-state index contributed by atoms with van der Waals surface area (Å²) in [7, 11) is 0. The molecule has 8 nitrogen and oxygen atoms in total. The number of nitrogens with one attached hydrogen (secondary N) is 1. The first-order valence-corrected chi connectivity index (χ1v) is 8.89. The lowest BCUT2D eigenvalue weighted by Crippen LogP contribution is -2.37. The van der Waals surface area contributed by atoms with E-state index < -0.39 is 6.10 Å². The summed E-state index contributed by atoms with van der Waals surface area (Å²) >= 11 is 0. The van der Waals surface area contributed by atoms with Crippen molar-refractivity contribution in [2.24, 2.45) is 5.16 Å². The van der Waals surface area contributed by atoms with E-state index in [9.17, 15) is 9.59 Å². The molecule has 1 N–H and O–H groups in total. The lowest BCUT2D eigenvalue weighted by atomic mass is 10.0. The van der Waals surface area contributed by atoms with Crippen LogP contribution in [0.2, 0.25) is 0 Å². The molecular formula is C18H21N3O5. The summed E-state index contributed by atoms with van der Waals surface area (Å²) in [6.07, 6.45) is 2.15. The number of ether oxygens (including phenoxy) is 2. The van der Waals surface area contributed by atoms with Gasteiger partial charge in [0.1, 0.15) is 0 Å². The predicted octanol–water partition coefficient (Wildman–Crippen LogP) is 1.04. The van der Waals surface area contributed by atoms with Crippen LogP contribution in [-0.2, 0) is 14.4 Å². The fourth-order valence-corrected chi connectivity index (χ4v) is 3.30. The van der Waals surface area contributed by atoms with Gasteiger partial charge in [0, 0.05) is 38.0 Å². The number of amides is 2. The second-order valence-corrected chi connectivity index (χ2v) is 6.53. The largest absolute Gasteiger partial charge is 0.454 e. The monoisotopic (exact) mass is 359 g/mol. The molecule has 1 aromatic carbocycles. The van der Waals surface area contributed by atoms with E-state index in [4.69, 9.17) is 14.3 Å². The molecule has 0 aliphatic carbocycles. The highest BCUT2D eigenvalue weighted by molar-refractivity contribution is 6.04. The lowest BCUT2D eigenvalue weighted by molar-refractivity contribution is -0.132. The molecule has 3 aliphatic heterocycles. The molecule has 4 rings (SSSR count). The SMILES string of the molecule is O=C(NCCC(=O)N1CCCC1)[C@@H]1CC(c2ccc3c(c2)OCO3)=NO1. The van der Waals surface area contributed by atoms with E-state index in [1.807, 2.05) is 23.1 Å². The fraction of sp³-hybridized carbons (Fsp3) is 0.500. The maximum Gasteiger partial charge on any atom is 0.264 e. The molecule has 0 radical (unpaired) electrons. The van der Waals surface area contributed by atoms with Crippen LogP contribution in [0.15, 0.2) is 23.4 Å². The maximum absolute atomic E-state index is 12.2. The first-order chi connectivity index (χ1) is 12.7. The van der Waals surface area contributed by atoms with Gasteiger partial charge in [-0.3, -0.25) is 9.59 Å². The molecule has 0 spiro atoms. The molecule has 0 saturated carbocycles. The molecule has 1 aromatic rings. The van der Waals surface area contributed by atoms with Crippen LogP contribution in [0.4, 0.5) is 0 Å². The van der Waals surface area contributed by atoms with Gasteiger partial charge in [-0.25, -0.2) is 0 Å². The Labute approximate surface area is 151 Å². The van der Waals surface area contributed by atoms with Crippen LogP contribution >= 0.6 is 0 Å². The second-order valence-electron chi connectivity index (χ2n) is 6.53. The van der Waals surface area contributed by atoms with E-state index in [-0.39, 0.29) is 18.6 Å². The summed E-state index contributed by atoms with van der Waals surface area (Å²) in [5.41, 5.74) is 1.53. The van der Waals surface area contributed by atoms with Crippen LogP contribution in [0, 0.1) is 0 Å². The highest BCUT2D eigenvalue weighted by atomic mass is 16.7. The Balaban J connectivity index is 1.25. The van der Waals surface area contributed by atoms with Crippen LogP contribution in [-0.4, -0.2) is 55.0 Å². The number of hydrogen-bond acceptors (Lipinski definition) is 6. The van der Waals surface area contributed by atoms with Gasteiger partial charge in [0.05, 0.1) is 5.71 Å². The van der Waals surface area contributed by atoms with Gasteiger partial charge in [0.25, 0.3) is 5.91 Å². The van der Waals surface area contributed by atoms with E-state index >= 15 is 0 Å². The number of fused-ring (bicyclic) bond motifs is 1. The summed E-state index contributed by atoms with van der Waals surface area (Å²) in [4.78, 5) is 31.3. The number of hydrogen-bond donors (Lipinski definition) is 1. The lowest BCUT2D eigenvalue weighted by Gasteiger charge is -2.15. The predicted molar refractivity (Wildman–Crippen MR) is 92.0 cm³/mol. The van der Waals surface area contributed by atoms with Crippen molar-refractivity contribution in [1.29, 1.82) is 0 Å². The summed E-state index contributed by atoms with van der Waals surface area (Å²) in [6.45, 7) is 2.17. The minimum absolute atomic E-state index is 0.0902. The Hall–Kier alpha value is -2.77. The molecule has 3 aliphatic rings. The van der Waals surface area contributed by atoms with Crippen LogP contribution in [0.5, 0.6) is 11.5 Å². The Morgan fingerprint density at radius 1 is 1.19 bits per heavy atom. The molecule has 138 valence electrons. The van der Waals surface area contributed by atoms with Gasteiger partial charge in [0.15, 0.2) is 11.5 Å². The smallest absolute Gasteiger partial charge is 0.264 e. The average Bonchev–Trinajstić information content (AvgIpc) is 3.41. The molecule has 2 amide bonds. The third kappa shape index (κ3) is 3.44. The first-order valence-electron chi connectivity index (χ1n) is 8.89. The van der Waals surface area contributed by atoms with Gasteiger partial charge in [-0.1, -0.05) is 5.16 Å². The topological polar surface area (TPSA) is 89.5 Å². The molecule has 8 heteroatoms. The molecule has 1 atom stereocenters. The van der Waals surface area contributed by atoms with Crippen molar-refractivity contribution in [3.8, 4) is 11.5 Å². The number of rotatable bonds is 5. The van der Waals surface area contributed by atoms with Crippen LogP contribution in [0.3, 0.4) is 0 Å². The number of oxime groups is 1. The number of carbonyl (C=O) groups excluding carboxylic acids is 2. The van der Waals surface area contributed by atoms with E-state index in [0.29, 0.717) is 36.6 Å². The van der Waals surface area contributed by atoms with Crippen molar-refractivity contribution in [3.63, 3.8) is 0 Å². The molecule has 0 aromatic heterocycles. The highest BCUT2D eigenvalue weighted by Crippen LogP contribution is 2.33. The number of nitrogens with zero attached hydrogens (tertiary/aromatic N) is 2. The normalized spacial score (nSPS) is 20.7. The van der Waals surface area contributed by atoms with Gasteiger partial charge in [-0.15, -0.1) is 0 Å². The van der Waals surface area contributed by atoms with Crippen LogP contribution in [0.25, 0.3) is 0 Å². The molecular weight excluding hydrogens is 338 g/mol. The van der Waals surface area contributed by atoms with Crippen molar-refractivity contribution in [1.82, 2.24) is 10.2 Å². The second kappa shape index (κ2) is 7.23. The van der Waals surface area contributed by atoms with Crippen LogP contribution < -0.4 is 14.8 Å². The van der Waals surface area contributed by atoms with Crippen molar-refractivity contribution < 1.29 is 23.9 Å². The first kappa shape index (κ1) is 16.7. The molecule has 3 heterocycles. The van der Waals surface area contributed by atoms with Crippen molar-refractivity contribution in [3.05, 3.63) is 23.8 Å². The minimum Gasteiger partial charge on any atom is -0.454 e. The molecule has 1 saturated heterocycles. The molecule has 0 bridgehead atoms. The highest BCUT2D eigenvalue weighted by Gasteiger charge is 2.29. The Morgan fingerprint density at radius 3 is 2.85 bits per heavy atom. The molecule has 26 heavy (non-hydrogen) atoms. The summed E-state index contributed by atoms with van der Waals surface area (Å²) in [6, 6.07) is 5.52. The fourth-order valence-electron chi connectivity index (χ4n) is 3.30. The van der Waals surface area contributed by atoms with Gasteiger partial charge < -0.3 is 24.5 Å². The minimum atomic E-state index is -0.669.